The van der Waals surface area contributed by atoms with E-state index in [-0.39, 0.29) is 30.9 Å². The van der Waals surface area contributed by atoms with Crippen LogP contribution in [0.25, 0.3) is 6.08 Å². The first-order chi connectivity index (χ1) is 15.4. The molecule has 1 aliphatic rings. The fourth-order valence-corrected chi connectivity index (χ4v) is 4.43. The molecule has 0 saturated carbocycles. The van der Waals surface area contributed by atoms with E-state index in [0.717, 1.165) is 17.3 Å². The number of aryl methyl sites for hydroxylation is 1. The van der Waals surface area contributed by atoms with E-state index in [0.29, 0.717) is 38.8 Å². The molecule has 8 heteroatoms. The van der Waals surface area contributed by atoms with Crippen LogP contribution in [-0.2, 0) is 4.79 Å². The molecule has 2 aromatic carbocycles. The number of benzene rings is 2. The molecule has 2 aromatic rings. The number of carbonyl (C=O) groups is 2. The summed E-state index contributed by atoms with van der Waals surface area (Å²) in [7, 11) is 0. The van der Waals surface area contributed by atoms with Gasteiger partial charge in [0.15, 0.2) is 11.5 Å². The Hall–Kier alpha value is -2.89. The average Bonchev–Trinajstić information content (AvgIpc) is 3.01. The Morgan fingerprint density at radius 2 is 2.00 bits per heavy atom. The van der Waals surface area contributed by atoms with Gasteiger partial charge in [0.25, 0.3) is 11.1 Å². The van der Waals surface area contributed by atoms with E-state index in [4.69, 9.17) is 20.6 Å². The van der Waals surface area contributed by atoms with Gasteiger partial charge in [0.05, 0.1) is 22.5 Å². The smallest absolute Gasteiger partial charge is 0.293 e. The third-order valence-corrected chi connectivity index (χ3v) is 5.87. The van der Waals surface area contributed by atoms with Crippen molar-refractivity contribution in [3.63, 3.8) is 0 Å². The number of thioether (sulfide) groups is 1. The van der Waals surface area contributed by atoms with Crippen LogP contribution in [0.4, 0.5) is 4.79 Å². The van der Waals surface area contributed by atoms with E-state index in [9.17, 15) is 9.59 Å². The first kappa shape index (κ1) is 23.8. The van der Waals surface area contributed by atoms with E-state index >= 15 is 0 Å². The molecule has 0 spiro atoms. The molecule has 0 N–H and O–H groups in total. The van der Waals surface area contributed by atoms with Crippen molar-refractivity contribution < 1.29 is 23.8 Å². The van der Waals surface area contributed by atoms with Crippen molar-refractivity contribution in [2.75, 3.05) is 26.4 Å². The number of nitrogens with zero attached hydrogens (tertiary/aromatic N) is 1. The Kier molecular flexibility index (Phi) is 8.26. The fourth-order valence-electron chi connectivity index (χ4n) is 2.99. The molecular weight excluding hydrogens is 494 g/mol. The zero-order valence-electron chi connectivity index (χ0n) is 17.7. The second-order valence-corrected chi connectivity index (χ2v) is 8.60. The van der Waals surface area contributed by atoms with E-state index in [1.54, 1.807) is 18.2 Å². The van der Waals surface area contributed by atoms with Gasteiger partial charge in [-0.05, 0) is 83.0 Å². The highest BCUT2D eigenvalue weighted by Gasteiger charge is 2.34. The minimum Gasteiger partial charge on any atom is -0.492 e. The fraction of sp³-hybridized carbons (Fsp3) is 0.250. The highest BCUT2D eigenvalue weighted by atomic mass is 79.9. The maximum absolute atomic E-state index is 12.8. The minimum atomic E-state index is -0.352. The zero-order valence-corrected chi connectivity index (χ0v) is 20.1. The SMILES string of the molecule is C#CCOc1c(Br)cc(/C=C2\SC(=O)N(CCOc3cccc(C)c3)C2=O)cc1OCC. The summed E-state index contributed by atoms with van der Waals surface area (Å²) in [5.41, 5.74) is 1.76. The molecule has 0 radical (unpaired) electrons. The van der Waals surface area contributed by atoms with Crippen LogP contribution < -0.4 is 14.2 Å². The van der Waals surface area contributed by atoms with E-state index in [2.05, 4.69) is 21.9 Å². The van der Waals surface area contributed by atoms with Gasteiger partial charge in [0, 0.05) is 0 Å². The number of imide groups is 1. The molecule has 0 aliphatic carbocycles. The van der Waals surface area contributed by atoms with Gasteiger partial charge in [-0.1, -0.05) is 18.1 Å². The van der Waals surface area contributed by atoms with Gasteiger partial charge >= 0.3 is 0 Å². The summed E-state index contributed by atoms with van der Waals surface area (Å²) >= 11 is 4.36. The number of hydrogen-bond donors (Lipinski definition) is 0. The molecule has 0 unspecified atom stereocenters. The van der Waals surface area contributed by atoms with Gasteiger partial charge in [-0.25, -0.2) is 0 Å². The van der Waals surface area contributed by atoms with Crippen LogP contribution in [0.2, 0.25) is 0 Å². The van der Waals surface area contributed by atoms with Crippen LogP contribution in [0.1, 0.15) is 18.1 Å². The largest absolute Gasteiger partial charge is 0.492 e. The highest BCUT2D eigenvalue weighted by Crippen LogP contribution is 2.39. The lowest BCUT2D eigenvalue weighted by Crippen LogP contribution is -2.32. The number of rotatable bonds is 9. The quantitative estimate of drug-likeness (QED) is 0.334. The van der Waals surface area contributed by atoms with Crippen LogP contribution in [0.3, 0.4) is 0 Å². The molecule has 6 nitrogen and oxygen atoms in total. The third kappa shape index (κ3) is 5.87. The topological polar surface area (TPSA) is 65.1 Å². The minimum absolute atomic E-state index is 0.0987. The molecule has 0 atom stereocenters. The Morgan fingerprint density at radius 3 is 2.72 bits per heavy atom. The number of terminal acetylenes is 1. The summed E-state index contributed by atoms with van der Waals surface area (Å²) in [4.78, 5) is 26.7. The molecule has 2 amide bonds. The molecule has 1 saturated heterocycles. The van der Waals surface area contributed by atoms with E-state index in [1.807, 2.05) is 38.1 Å². The molecule has 166 valence electrons. The Labute approximate surface area is 200 Å². The van der Waals surface area contributed by atoms with Gasteiger partial charge < -0.3 is 14.2 Å². The summed E-state index contributed by atoms with van der Waals surface area (Å²) in [6, 6.07) is 11.1. The molecule has 1 aliphatic heterocycles. The zero-order chi connectivity index (χ0) is 23.1. The maximum atomic E-state index is 12.8. The number of carbonyl (C=O) groups excluding carboxylic acids is 2. The first-order valence-corrected chi connectivity index (χ1v) is 11.5. The van der Waals surface area contributed by atoms with Crippen molar-refractivity contribution >= 4 is 44.9 Å². The van der Waals surface area contributed by atoms with Gasteiger partial charge in [0.2, 0.25) is 0 Å². The molecule has 3 rings (SSSR count). The van der Waals surface area contributed by atoms with Crippen LogP contribution >= 0.6 is 27.7 Å². The lowest BCUT2D eigenvalue weighted by atomic mass is 10.2. The molecule has 0 bridgehead atoms. The summed E-state index contributed by atoms with van der Waals surface area (Å²) in [6.07, 6.45) is 6.94. The van der Waals surface area contributed by atoms with Crippen molar-refractivity contribution in [3.05, 3.63) is 56.9 Å². The molecular formula is C24H22BrNO5S. The third-order valence-electron chi connectivity index (χ3n) is 4.38. The molecule has 1 heterocycles. The van der Waals surface area contributed by atoms with Crippen molar-refractivity contribution in [2.45, 2.75) is 13.8 Å². The Morgan fingerprint density at radius 1 is 1.19 bits per heavy atom. The van der Waals surface area contributed by atoms with E-state index in [1.165, 1.54) is 4.90 Å². The summed E-state index contributed by atoms with van der Waals surface area (Å²) in [5.74, 6) is 3.75. The van der Waals surface area contributed by atoms with Crippen molar-refractivity contribution in [1.82, 2.24) is 4.90 Å². The van der Waals surface area contributed by atoms with Gasteiger partial charge in [-0.2, -0.15) is 0 Å². The summed E-state index contributed by atoms with van der Waals surface area (Å²) < 4.78 is 17.5. The van der Waals surface area contributed by atoms with Crippen molar-refractivity contribution in [2.24, 2.45) is 0 Å². The second-order valence-electron chi connectivity index (χ2n) is 6.75. The predicted molar refractivity (Wildman–Crippen MR) is 129 cm³/mol. The Balaban J connectivity index is 1.72. The number of ether oxygens (including phenoxy) is 3. The van der Waals surface area contributed by atoms with E-state index < -0.39 is 0 Å². The summed E-state index contributed by atoms with van der Waals surface area (Å²) in [5, 5.41) is -0.327. The molecule has 32 heavy (non-hydrogen) atoms. The van der Waals surface area contributed by atoms with Crippen molar-refractivity contribution in [3.8, 4) is 29.6 Å². The number of hydrogen-bond acceptors (Lipinski definition) is 6. The van der Waals surface area contributed by atoms with Gasteiger partial charge in [-0.15, -0.1) is 6.42 Å². The molecule has 0 aromatic heterocycles. The maximum Gasteiger partial charge on any atom is 0.293 e. The van der Waals surface area contributed by atoms with Crippen LogP contribution in [0.5, 0.6) is 17.2 Å². The second kappa shape index (κ2) is 11.1. The van der Waals surface area contributed by atoms with Crippen LogP contribution in [0, 0.1) is 19.3 Å². The van der Waals surface area contributed by atoms with Gasteiger partial charge in [0.1, 0.15) is 19.0 Å². The normalized spacial score (nSPS) is 14.6. The van der Waals surface area contributed by atoms with Gasteiger partial charge in [-0.3, -0.25) is 14.5 Å². The molecule has 1 fully saturated rings. The lowest BCUT2D eigenvalue weighted by Gasteiger charge is -2.14. The monoisotopic (exact) mass is 515 g/mol. The number of halogens is 1. The lowest BCUT2D eigenvalue weighted by molar-refractivity contribution is -0.123. The average molecular weight is 516 g/mol. The first-order valence-electron chi connectivity index (χ1n) is 9.90. The van der Waals surface area contributed by atoms with Crippen molar-refractivity contribution in [1.29, 1.82) is 0 Å². The van der Waals surface area contributed by atoms with Crippen LogP contribution in [0.15, 0.2) is 45.8 Å². The Bertz CT molecular complexity index is 1090. The summed E-state index contributed by atoms with van der Waals surface area (Å²) in [6.45, 7) is 4.74. The van der Waals surface area contributed by atoms with Crippen LogP contribution in [-0.4, -0.2) is 42.4 Å². The highest BCUT2D eigenvalue weighted by molar-refractivity contribution is 9.10. The standard InChI is InChI=1S/C24H22BrNO5S/c1-4-10-31-22-19(25)13-17(14-20(22)29-5-2)15-21-23(27)26(24(28)32-21)9-11-30-18-8-6-7-16(3)12-18/h1,6-8,12-15H,5,9-11H2,2-3H3/b21-15-. The predicted octanol–water partition coefficient (Wildman–Crippen LogP) is 5.28. The number of amides is 2.